The zero-order chi connectivity index (χ0) is 14.1. The average molecular weight is 287 g/mol. The fourth-order valence-corrected chi connectivity index (χ4v) is 2.96. The summed E-state index contributed by atoms with van der Waals surface area (Å²) in [5.74, 6) is -0.317. The molecule has 1 unspecified atom stereocenters. The number of fused-ring (bicyclic) bond motifs is 1. The van der Waals surface area contributed by atoms with Gasteiger partial charge in [0.05, 0.1) is 33.2 Å². The first-order valence-electron chi connectivity index (χ1n) is 6.37. The Labute approximate surface area is 120 Å². The number of hydrogen-bond acceptors (Lipinski definition) is 4. The number of aromatic nitrogens is 2. The van der Waals surface area contributed by atoms with Crippen molar-refractivity contribution in [3.8, 4) is 0 Å². The van der Waals surface area contributed by atoms with Gasteiger partial charge in [-0.25, -0.2) is 9.37 Å². The highest BCUT2D eigenvalue weighted by Gasteiger charge is 2.08. The monoisotopic (exact) mass is 287 g/mol. The van der Waals surface area contributed by atoms with Crippen molar-refractivity contribution < 1.29 is 4.39 Å². The number of nitrogens with one attached hydrogen (secondary N) is 1. The molecule has 0 fully saturated rings. The molecule has 1 aromatic carbocycles. The van der Waals surface area contributed by atoms with Crippen LogP contribution in [0.3, 0.4) is 0 Å². The van der Waals surface area contributed by atoms with E-state index in [4.69, 9.17) is 0 Å². The molecule has 1 N–H and O–H groups in total. The first-order valence-corrected chi connectivity index (χ1v) is 7.18. The lowest BCUT2D eigenvalue weighted by Crippen LogP contribution is -2.08. The third kappa shape index (κ3) is 2.63. The van der Waals surface area contributed by atoms with Gasteiger partial charge in [0.2, 0.25) is 0 Å². The quantitative estimate of drug-likeness (QED) is 0.780. The maximum atomic E-state index is 12.9. The molecule has 3 rings (SSSR count). The topological polar surface area (TPSA) is 37.8 Å². The Morgan fingerprint density at radius 2 is 2.10 bits per heavy atom. The maximum absolute atomic E-state index is 12.9. The Morgan fingerprint density at radius 3 is 2.85 bits per heavy atom. The van der Waals surface area contributed by atoms with Gasteiger partial charge < -0.3 is 5.32 Å². The second-order valence-electron chi connectivity index (χ2n) is 4.68. The minimum Gasteiger partial charge on any atom is -0.377 e. The number of thiazole rings is 1. The minimum atomic E-state index is -0.317. The Hall–Kier alpha value is -2.01. The van der Waals surface area contributed by atoms with E-state index in [1.165, 1.54) is 12.3 Å². The zero-order valence-electron chi connectivity index (χ0n) is 11.2. The van der Waals surface area contributed by atoms with Crippen LogP contribution in [0.4, 0.5) is 10.1 Å². The summed E-state index contributed by atoms with van der Waals surface area (Å²) in [5.41, 5.74) is 2.84. The summed E-state index contributed by atoms with van der Waals surface area (Å²) in [6.45, 7) is 4.01. The van der Waals surface area contributed by atoms with Gasteiger partial charge in [-0.2, -0.15) is 0 Å². The molecule has 0 aliphatic rings. The van der Waals surface area contributed by atoms with E-state index in [9.17, 15) is 4.39 Å². The second kappa shape index (κ2) is 5.17. The molecular weight excluding hydrogens is 273 g/mol. The van der Waals surface area contributed by atoms with Crippen molar-refractivity contribution in [1.82, 2.24) is 9.97 Å². The normalized spacial score (nSPS) is 12.6. The van der Waals surface area contributed by atoms with E-state index in [0.717, 1.165) is 26.6 Å². The molecule has 1 atom stereocenters. The first kappa shape index (κ1) is 13.0. The summed E-state index contributed by atoms with van der Waals surface area (Å²) in [6.07, 6.45) is 1.24. The van der Waals surface area contributed by atoms with Gasteiger partial charge in [-0.05, 0) is 44.2 Å². The van der Waals surface area contributed by atoms with Crippen molar-refractivity contribution in [1.29, 1.82) is 0 Å². The fourth-order valence-electron chi connectivity index (χ4n) is 2.10. The van der Waals surface area contributed by atoms with Crippen molar-refractivity contribution in [3.63, 3.8) is 0 Å². The van der Waals surface area contributed by atoms with Crippen LogP contribution < -0.4 is 5.32 Å². The van der Waals surface area contributed by atoms with Crippen molar-refractivity contribution in [2.45, 2.75) is 19.9 Å². The summed E-state index contributed by atoms with van der Waals surface area (Å²) in [5, 5.41) is 4.43. The maximum Gasteiger partial charge on any atom is 0.141 e. The molecule has 5 heteroatoms. The summed E-state index contributed by atoms with van der Waals surface area (Å²) >= 11 is 1.67. The number of halogens is 1. The van der Waals surface area contributed by atoms with Crippen LogP contribution in [0.15, 0.2) is 36.5 Å². The van der Waals surface area contributed by atoms with E-state index in [0.29, 0.717) is 0 Å². The second-order valence-corrected chi connectivity index (χ2v) is 5.92. The van der Waals surface area contributed by atoms with Crippen LogP contribution in [0.25, 0.3) is 10.2 Å². The van der Waals surface area contributed by atoms with Gasteiger partial charge >= 0.3 is 0 Å². The Morgan fingerprint density at radius 1 is 1.25 bits per heavy atom. The van der Waals surface area contributed by atoms with Gasteiger partial charge in [0, 0.05) is 5.69 Å². The van der Waals surface area contributed by atoms with Gasteiger partial charge in [-0.1, -0.05) is 0 Å². The van der Waals surface area contributed by atoms with Crippen molar-refractivity contribution in [2.24, 2.45) is 0 Å². The molecule has 0 aliphatic carbocycles. The number of nitrogens with zero attached hydrogens (tertiary/aromatic N) is 2. The van der Waals surface area contributed by atoms with Gasteiger partial charge in [0.25, 0.3) is 0 Å². The lowest BCUT2D eigenvalue weighted by Gasteiger charge is -2.14. The Kier molecular flexibility index (Phi) is 3.36. The number of benzene rings is 1. The fraction of sp³-hybridized carbons (Fsp3) is 0.200. The van der Waals surface area contributed by atoms with Gasteiger partial charge in [0.15, 0.2) is 0 Å². The molecule has 20 heavy (non-hydrogen) atoms. The van der Waals surface area contributed by atoms with Crippen molar-refractivity contribution >= 4 is 27.2 Å². The molecule has 0 saturated carbocycles. The summed E-state index contributed by atoms with van der Waals surface area (Å²) in [7, 11) is 0. The van der Waals surface area contributed by atoms with Crippen LogP contribution in [-0.2, 0) is 0 Å². The van der Waals surface area contributed by atoms with Crippen LogP contribution in [0.5, 0.6) is 0 Å². The van der Waals surface area contributed by atoms with Gasteiger partial charge in [-0.15, -0.1) is 11.3 Å². The smallest absolute Gasteiger partial charge is 0.141 e. The highest BCUT2D eigenvalue weighted by atomic mass is 32.1. The molecule has 102 valence electrons. The first-order chi connectivity index (χ1) is 9.61. The molecule has 0 amide bonds. The molecular formula is C15H14FN3S. The molecule has 0 bridgehead atoms. The summed E-state index contributed by atoms with van der Waals surface area (Å²) in [6, 6.07) is 9.23. The molecule has 0 saturated heterocycles. The van der Waals surface area contributed by atoms with Gasteiger partial charge in [-0.3, -0.25) is 4.98 Å². The summed E-state index contributed by atoms with van der Waals surface area (Å²) in [4.78, 5) is 8.53. The Balaban J connectivity index is 1.82. The van der Waals surface area contributed by atoms with E-state index < -0.39 is 0 Å². The highest BCUT2D eigenvalue weighted by Crippen LogP contribution is 2.26. The van der Waals surface area contributed by atoms with E-state index in [-0.39, 0.29) is 11.9 Å². The van der Waals surface area contributed by atoms with Crippen LogP contribution in [0.1, 0.15) is 23.7 Å². The van der Waals surface area contributed by atoms with E-state index in [2.05, 4.69) is 21.4 Å². The number of rotatable bonds is 3. The van der Waals surface area contributed by atoms with Crippen LogP contribution in [0, 0.1) is 12.7 Å². The Bertz CT molecular complexity index is 736. The number of anilines is 1. The molecule has 2 heterocycles. The van der Waals surface area contributed by atoms with Crippen LogP contribution >= 0.6 is 11.3 Å². The molecule has 3 aromatic rings. The lowest BCUT2D eigenvalue weighted by atomic mass is 10.2. The van der Waals surface area contributed by atoms with Crippen molar-refractivity contribution in [2.75, 3.05) is 5.32 Å². The lowest BCUT2D eigenvalue weighted by molar-refractivity contribution is 0.617. The number of aryl methyl sites for hydroxylation is 1. The highest BCUT2D eigenvalue weighted by molar-refractivity contribution is 7.18. The predicted molar refractivity (Wildman–Crippen MR) is 80.6 cm³/mol. The third-order valence-electron chi connectivity index (χ3n) is 3.07. The van der Waals surface area contributed by atoms with E-state index in [1.54, 1.807) is 17.4 Å². The van der Waals surface area contributed by atoms with E-state index in [1.807, 2.05) is 26.0 Å². The van der Waals surface area contributed by atoms with Crippen LogP contribution in [0.2, 0.25) is 0 Å². The largest absolute Gasteiger partial charge is 0.377 e. The number of hydrogen-bond donors (Lipinski definition) is 1. The minimum absolute atomic E-state index is 0.0158. The molecule has 2 aromatic heterocycles. The van der Waals surface area contributed by atoms with E-state index >= 15 is 0 Å². The molecule has 0 spiro atoms. The molecule has 3 nitrogen and oxygen atoms in total. The standard InChI is InChI=1S/C15H14FN3S/c1-9(13-5-3-11(16)8-17-13)18-12-4-6-14-15(7-12)20-10(2)19-14/h3-9,18H,1-2H3. The molecule has 0 radical (unpaired) electrons. The zero-order valence-corrected chi connectivity index (χ0v) is 12.0. The van der Waals surface area contributed by atoms with Gasteiger partial charge in [0.1, 0.15) is 5.82 Å². The van der Waals surface area contributed by atoms with Crippen LogP contribution in [-0.4, -0.2) is 9.97 Å². The predicted octanol–water partition coefficient (Wildman–Crippen LogP) is 4.31. The average Bonchev–Trinajstić information content (AvgIpc) is 2.78. The summed E-state index contributed by atoms with van der Waals surface area (Å²) < 4.78 is 14.0. The number of pyridine rings is 1. The SMILES string of the molecule is Cc1nc2ccc(NC(C)c3ccc(F)cn3)cc2s1. The third-order valence-corrected chi connectivity index (χ3v) is 4.01. The van der Waals surface area contributed by atoms with Crippen molar-refractivity contribution in [3.05, 3.63) is 53.0 Å². The molecule has 0 aliphatic heterocycles.